The highest BCUT2D eigenvalue weighted by Crippen LogP contribution is 2.13. The Morgan fingerprint density at radius 2 is 2.00 bits per heavy atom. The molecule has 0 radical (unpaired) electrons. The Morgan fingerprint density at radius 1 is 1.27 bits per heavy atom. The van der Waals surface area contributed by atoms with Gasteiger partial charge in [0.15, 0.2) is 0 Å². The van der Waals surface area contributed by atoms with Crippen LogP contribution in [0.4, 0.5) is 5.69 Å². The number of benzene rings is 1. The van der Waals surface area contributed by atoms with E-state index in [1.54, 1.807) is 0 Å². The van der Waals surface area contributed by atoms with Crippen LogP contribution in [0.3, 0.4) is 0 Å². The van der Waals surface area contributed by atoms with Crippen LogP contribution in [-0.2, 0) is 0 Å². The molecule has 60 valence electrons. The Balaban J connectivity index is 2.86. The van der Waals surface area contributed by atoms with E-state index in [1.807, 2.05) is 0 Å². The maximum absolute atomic E-state index is 4.08. The zero-order valence-electron chi connectivity index (χ0n) is 6.89. The van der Waals surface area contributed by atoms with E-state index in [0.717, 1.165) is 5.69 Å². The van der Waals surface area contributed by atoms with Crippen LogP contribution in [0.5, 0.6) is 0 Å². The monoisotopic (exact) mass is 167 g/mol. The maximum Gasteiger partial charge on any atom is 0.0581 e. The van der Waals surface area contributed by atoms with Crippen molar-refractivity contribution in [3.63, 3.8) is 0 Å². The minimum Gasteiger partial charge on any atom is -0.376 e. The second-order valence-corrected chi connectivity index (χ2v) is 2.95. The summed E-state index contributed by atoms with van der Waals surface area (Å²) in [7, 11) is 0. The predicted molar refractivity (Wildman–Crippen MR) is 53.4 cm³/mol. The third-order valence-electron chi connectivity index (χ3n) is 1.79. The quantitative estimate of drug-likeness (QED) is 0.509. The molecule has 0 amide bonds. The molecule has 1 N–H and O–H groups in total. The predicted octanol–water partition coefficient (Wildman–Crippen LogP) is 2.60. The lowest BCUT2D eigenvalue weighted by molar-refractivity contribution is 1.32. The average Bonchev–Trinajstić information content (AvgIpc) is 1.98. The van der Waals surface area contributed by atoms with Crippen molar-refractivity contribution in [3.8, 4) is 0 Å². The van der Waals surface area contributed by atoms with E-state index in [0.29, 0.717) is 5.88 Å². The number of rotatable bonds is 2. The van der Waals surface area contributed by atoms with Gasteiger partial charge in [-0.1, -0.05) is 6.07 Å². The number of hydrogen-bond donors (Lipinski definition) is 2. The molecule has 2 heteroatoms. The highest BCUT2D eigenvalue weighted by molar-refractivity contribution is 7.80. The van der Waals surface area contributed by atoms with Gasteiger partial charge in [0.25, 0.3) is 0 Å². The second-order valence-electron chi connectivity index (χ2n) is 2.63. The fraction of sp³-hybridized carbons (Fsp3) is 0.333. The largest absolute Gasteiger partial charge is 0.376 e. The number of thiol groups is 1. The molecule has 0 atom stereocenters. The highest BCUT2D eigenvalue weighted by Gasteiger charge is 1.93. The first kappa shape index (κ1) is 8.47. The number of nitrogens with one attached hydrogen (secondary N) is 1. The third kappa shape index (κ3) is 2.15. The average molecular weight is 167 g/mol. The fourth-order valence-corrected chi connectivity index (χ4v) is 1.13. The summed E-state index contributed by atoms with van der Waals surface area (Å²) in [5.41, 5.74) is 3.79. The van der Waals surface area contributed by atoms with E-state index in [4.69, 9.17) is 0 Å². The van der Waals surface area contributed by atoms with Crippen LogP contribution in [-0.4, -0.2) is 5.88 Å². The van der Waals surface area contributed by atoms with Crippen LogP contribution in [0.1, 0.15) is 11.1 Å². The molecule has 0 aliphatic carbocycles. The standard InChI is InChI=1S/C9H13NS/c1-7-3-4-9(10-6-11)5-8(7)2/h3-5,10-11H,6H2,1-2H3. The SMILES string of the molecule is Cc1ccc(NCS)cc1C. The molecular weight excluding hydrogens is 154 g/mol. The maximum atomic E-state index is 4.08. The smallest absolute Gasteiger partial charge is 0.0581 e. The molecule has 0 aliphatic heterocycles. The van der Waals surface area contributed by atoms with Crippen LogP contribution in [0.15, 0.2) is 18.2 Å². The lowest BCUT2D eigenvalue weighted by atomic mass is 10.1. The van der Waals surface area contributed by atoms with Gasteiger partial charge in [-0.2, -0.15) is 12.6 Å². The van der Waals surface area contributed by atoms with E-state index in [9.17, 15) is 0 Å². The van der Waals surface area contributed by atoms with Crippen molar-refractivity contribution in [2.45, 2.75) is 13.8 Å². The first-order valence-corrected chi connectivity index (χ1v) is 4.29. The van der Waals surface area contributed by atoms with Gasteiger partial charge < -0.3 is 5.32 Å². The molecule has 1 rings (SSSR count). The van der Waals surface area contributed by atoms with Crippen molar-refractivity contribution in [2.75, 3.05) is 11.2 Å². The topological polar surface area (TPSA) is 12.0 Å². The fourth-order valence-electron chi connectivity index (χ4n) is 0.943. The van der Waals surface area contributed by atoms with E-state index >= 15 is 0 Å². The Bertz CT molecular complexity index is 245. The lowest BCUT2D eigenvalue weighted by Crippen LogP contribution is -1.94. The molecule has 0 heterocycles. The Hall–Kier alpha value is -0.630. The van der Waals surface area contributed by atoms with Crippen molar-refractivity contribution >= 4 is 18.3 Å². The summed E-state index contributed by atoms with van der Waals surface area (Å²) in [6.45, 7) is 4.22. The van der Waals surface area contributed by atoms with Crippen molar-refractivity contribution in [3.05, 3.63) is 29.3 Å². The molecule has 1 nitrogen and oxygen atoms in total. The van der Waals surface area contributed by atoms with Gasteiger partial charge in [-0.25, -0.2) is 0 Å². The third-order valence-corrected chi connectivity index (χ3v) is 1.95. The molecule has 0 bridgehead atoms. The summed E-state index contributed by atoms with van der Waals surface area (Å²) in [5.74, 6) is 0.683. The Labute approximate surface area is 73.2 Å². The molecule has 0 aliphatic rings. The van der Waals surface area contributed by atoms with Crippen LogP contribution in [0, 0.1) is 13.8 Å². The van der Waals surface area contributed by atoms with Crippen molar-refractivity contribution in [2.24, 2.45) is 0 Å². The van der Waals surface area contributed by atoms with Gasteiger partial charge in [0.2, 0.25) is 0 Å². The van der Waals surface area contributed by atoms with E-state index in [-0.39, 0.29) is 0 Å². The molecular formula is C9H13NS. The summed E-state index contributed by atoms with van der Waals surface area (Å²) in [4.78, 5) is 0. The molecule has 0 spiro atoms. The van der Waals surface area contributed by atoms with Gasteiger partial charge in [0, 0.05) is 5.69 Å². The molecule has 0 aromatic heterocycles. The van der Waals surface area contributed by atoms with Crippen LogP contribution in [0.2, 0.25) is 0 Å². The van der Waals surface area contributed by atoms with Gasteiger partial charge in [-0.05, 0) is 37.1 Å². The minimum absolute atomic E-state index is 0.683. The zero-order valence-corrected chi connectivity index (χ0v) is 7.78. The van der Waals surface area contributed by atoms with Gasteiger partial charge in [0.05, 0.1) is 5.88 Å². The second kappa shape index (κ2) is 3.67. The number of anilines is 1. The first-order valence-electron chi connectivity index (χ1n) is 3.66. The normalized spacial score (nSPS) is 9.73. The van der Waals surface area contributed by atoms with Crippen LogP contribution < -0.4 is 5.32 Å². The summed E-state index contributed by atoms with van der Waals surface area (Å²) < 4.78 is 0. The molecule has 1 aromatic carbocycles. The van der Waals surface area contributed by atoms with Gasteiger partial charge in [0.1, 0.15) is 0 Å². The lowest BCUT2D eigenvalue weighted by Gasteiger charge is -2.05. The van der Waals surface area contributed by atoms with Gasteiger partial charge >= 0.3 is 0 Å². The van der Waals surface area contributed by atoms with Gasteiger partial charge in [-0.15, -0.1) is 0 Å². The van der Waals surface area contributed by atoms with Gasteiger partial charge in [-0.3, -0.25) is 0 Å². The zero-order chi connectivity index (χ0) is 8.27. The molecule has 0 fully saturated rings. The van der Waals surface area contributed by atoms with Crippen LogP contribution >= 0.6 is 12.6 Å². The Kier molecular flexibility index (Phi) is 2.83. The van der Waals surface area contributed by atoms with E-state index in [1.165, 1.54) is 11.1 Å². The first-order chi connectivity index (χ1) is 5.24. The summed E-state index contributed by atoms with van der Waals surface area (Å²) in [6, 6.07) is 6.31. The van der Waals surface area contributed by atoms with Crippen molar-refractivity contribution in [1.29, 1.82) is 0 Å². The summed E-state index contributed by atoms with van der Waals surface area (Å²) in [5, 5.41) is 3.14. The van der Waals surface area contributed by atoms with E-state index < -0.39 is 0 Å². The Morgan fingerprint density at radius 3 is 2.55 bits per heavy atom. The minimum atomic E-state index is 0.683. The van der Waals surface area contributed by atoms with Crippen molar-refractivity contribution in [1.82, 2.24) is 0 Å². The van der Waals surface area contributed by atoms with E-state index in [2.05, 4.69) is 50.0 Å². The molecule has 0 unspecified atom stereocenters. The molecule has 0 saturated carbocycles. The molecule has 0 saturated heterocycles. The number of aryl methyl sites for hydroxylation is 2. The summed E-state index contributed by atoms with van der Waals surface area (Å²) >= 11 is 4.08. The molecule has 11 heavy (non-hydrogen) atoms. The van der Waals surface area contributed by atoms with Crippen LogP contribution in [0.25, 0.3) is 0 Å². The number of hydrogen-bond acceptors (Lipinski definition) is 2. The van der Waals surface area contributed by atoms with Crippen molar-refractivity contribution < 1.29 is 0 Å². The molecule has 1 aromatic rings. The highest BCUT2D eigenvalue weighted by atomic mass is 32.1. The summed E-state index contributed by atoms with van der Waals surface area (Å²) in [6.07, 6.45) is 0.